The summed E-state index contributed by atoms with van der Waals surface area (Å²) >= 11 is 0. The molecule has 0 aliphatic rings. The molecule has 0 aliphatic heterocycles. The highest BCUT2D eigenvalue weighted by atomic mass is 19.4. The van der Waals surface area contributed by atoms with E-state index in [2.05, 4.69) is 21.2 Å². The third kappa shape index (κ3) is 12.0. The number of carbonyl (C=O) groups excluding carboxylic acids is 2. The van der Waals surface area contributed by atoms with Crippen molar-refractivity contribution in [1.82, 2.24) is 16.2 Å². The summed E-state index contributed by atoms with van der Waals surface area (Å²) in [5.74, 6) is -4.45. The number of rotatable bonds is 8. The van der Waals surface area contributed by atoms with Crippen LogP contribution in [0.2, 0.25) is 0 Å². The van der Waals surface area contributed by atoms with Crippen molar-refractivity contribution in [3.05, 3.63) is 65.7 Å². The number of alkyl halides is 3. The Labute approximate surface area is 202 Å². The first kappa shape index (κ1) is 29.4. The topological polar surface area (TPSA) is 209 Å². The van der Waals surface area contributed by atoms with Crippen LogP contribution in [0.1, 0.15) is 23.6 Å². The van der Waals surface area contributed by atoms with Crippen LogP contribution in [0.4, 0.5) is 23.7 Å². The monoisotopic (exact) mass is 512 g/mol. The number of carboxylic acid groups (broad SMARTS) is 2. The van der Waals surface area contributed by atoms with Crippen LogP contribution in [-0.2, 0) is 20.8 Å². The van der Waals surface area contributed by atoms with Gasteiger partial charge in [-0.25, -0.2) is 20.0 Å². The van der Waals surface area contributed by atoms with Crippen molar-refractivity contribution in [3.8, 4) is 0 Å². The van der Waals surface area contributed by atoms with Crippen LogP contribution >= 0.6 is 0 Å². The van der Waals surface area contributed by atoms with Gasteiger partial charge in [-0.3, -0.25) is 20.3 Å². The zero-order valence-corrected chi connectivity index (χ0v) is 18.5. The standard InChI is InChI=1S/C19H22N6O4.C2HF3O2/c20-18(21)22-14-8-4-5-12(9-14)10-16(26)23-19(29)25-24-15(11-17(27)28)13-6-2-1-3-7-13;3-2(4,5)1(6)7/h1-9,15,24H,10-11H2,(H,27,28)(H4,20,21,22)(H2,23,25,26,29);(H,6,7). The summed E-state index contributed by atoms with van der Waals surface area (Å²) in [4.78, 5) is 47.9. The van der Waals surface area contributed by atoms with E-state index in [1.165, 1.54) is 0 Å². The normalized spacial score (nSPS) is 11.2. The quantitative estimate of drug-likeness (QED) is 0.154. The van der Waals surface area contributed by atoms with Gasteiger partial charge in [-0.2, -0.15) is 13.2 Å². The van der Waals surface area contributed by atoms with E-state index in [1.54, 1.807) is 54.6 Å². The SMILES string of the molecule is NC(N)=Nc1cccc(CC(=O)NC(=O)NNC(CC(=O)O)c2ccccc2)c1.O=C(O)C(F)(F)F. The van der Waals surface area contributed by atoms with Gasteiger partial charge in [0.2, 0.25) is 5.91 Å². The molecule has 1 atom stereocenters. The van der Waals surface area contributed by atoms with Gasteiger partial charge in [-0.1, -0.05) is 42.5 Å². The van der Waals surface area contributed by atoms with Crippen LogP contribution in [0.25, 0.3) is 0 Å². The summed E-state index contributed by atoms with van der Waals surface area (Å²) in [6.45, 7) is 0. The number of imide groups is 1. The predicted octanol–water partition coefficient (Wildman–Crippen LogP) is 1.31. The number of carbonyl (C=O) groups is 4. The molecule has 0 fully saturated rings. The molecule has 15 heteroatoms. The Bertz CT molecular complexity index is 1090. The van der Waals surface area contributed by atoms with E-state index in [9.17, 15) is 27.6 Å². The van der Waals surface area contributed by atoms with Gasteiger partial charge < -0.3 is 21.7 Å². The first-order valence-electron chi connectivity index (χ1n) is 9.88. The number of nitrogens with two attached hydrogens (primary N) is 2. The highest BCUT2D eigenvalue weighted by Crippen LogP contribution is 2.16. The second-order valence-corrected chi connectivity index (χ2v) is 6.89. The van der Waals surface area contributed by atoms with E-state index >= 15 is 0 Å². The molecule has 3 amide bonds. The number of halogens is 3. The summed E-state index contributed by atoms with van der Waals surface area (Å²) in [5.41, 5.74) is 17.4. The number of carboxylic acids is 2. The Morgan fingerprint density at radius 2 is 1.58 bits per heavy atom. The molecular formula is C21H23F3N6O6. The average Bonchev–Trinajstić information content (AvgIpc) is 2.76. The van der Waals surface area contributed by atoms with E-state index in [0.717, 1.165) is 0 Å². The molecule has 0 saturated heterocycles. The molecule has 2 aromatic rings. The molecule has 36 heavy (non-hydrogen) atoms. The van der Waals surface area contributed by atoms with Crippen LogP contribution in [0.3, 0.4) is 0 Å². The second kappa shape index (κ2) is 13.9. The molecule has 194 valence electrons. The lowest BCUT2D eigenvalue weighted by atomic mass is 10.0. The molecule has 0 aliphatic carbocycles. The molecule has 1 unspecified atom stereocenters. The summed E-state index contributed by atoms with van der Waals surface area (Å²) in [7, 11) is 0. The summed E-state index contributed by atoms with van der Waals surface area (Å²) < 4.78 is 31.7. The first-order chi connectivity index (χ1) is 16.8. The fourth-order valence-corrected chi connectivity index (χ4v) is 2.54. The minimum Gasteiger partial charge on any atom is -0.481 e. The molecule has 0 bridgehead atoms. The molecular weight excluding hydrogens is 489 g/mol. The Kier molecular flexibility index (Phi) is 11.3. The second-order valence-electron chi connectivity index (χ2n) is 6.89. The van der Waals surface area contributed by atoms with Gasteiger partial charge in [-0.05, 0) is 23.3 Å². The van der Waals surface area contributed by atoms with Crippen LogP contribution in [-0.4, -0.2) is 46.2 Å². The van der Waals surface area contributed by atoms with Crippen molar-refractivity contribution in [1.29, 1.82) is 0 Å². The molecule has 9 N–H and O–H groups in total. The van der Waals surface area contributed by atoms with E-state index in [4.69, 9.17) is 26.5 Å². The van der Waals surface area contributed by atoms with E-state index < -0.39 is 36.1 Å². The number of nitrogens with zero attached hydrogens (tertiary/aromatic N) is 1. The summed E-state index contributed by atoms with van der Waals surface area (Å²) in [6, 6.07) is 14.0. The minimum absolute atomic E-state index is 0.0709. The summed E-state index contributed by atoms with van der Waals surface area (Å²) in [6.07, 6.45) is -5.41. The fourth-order valence-electron chi connectivity index (χ4n) is 2.54. The number of aliphatic imine (C=N–C) groups is 1. The Hall–Kier alpha value is -4.66. The van der Waals surface area contributed by atoms with Gasteiger partial charge in [0.1, 0.15) is 0 Å². The number of amides is 3. The maximum absolute atomic E-state index is 12.1. The molecule has 0 saturated carbocycles. The Balaban J connectivity index is 0.000000809. The highest BCUT2D eigenvalue weighted by molar-refractivity contribution is 5.95. The number of guanidine groups is 1. The first-order valence-corrected chi connectivity index (χ1v) is 9.88. The molecule has 0 heterocycles. The largest absolute Gasteiger partial charge is 0.490 e. The maximum Gasteiger partial charge on any atom is 0.490 e. The number of urea groups is 1. The smallest absolute Gasteiger partial charge is 0.481 e. The predicted molar refractivity (Wildman–Crippen MR) is 121 cm³/mol. The van der Waals surface area contributed by atoms with Crippen molar-refractivity contribution < 1.29 is 42.6 Å². The zero-order chi connectivity index (χ0) is 27.3. The molecule has 12 nitrogen and oxygen atoms in total. The van der Waals surface area contributed by atoms with Crippen LogP contribution < -0.4 is 27.6 Å². The maximum atomic E-state index is 12.1. The van der Waals surface area contributed by atoms with Gasteiger partial charge in [-0.15, -0.1) is 0 Å². The molecule has 0 aromatic heterocycles. The van der Waals surface area contributed by atoms with Gasteiger partial charge in [0.15, 0.2) is 5.96 Å². The number of nitrogens with one attached hydrogen (secondary N) is 3. The lowest BCUT2D eigenvalue weighted by Gasteiger charge is -2.18. The zero-order valence-electron chi connectivity index (χ0n) is 18.5. The van der Waals surface area contributed by atoms with Gasteiger partial charge in [0, 0.05) is 0 Å². The molecule has 2 aromatic carbocycles. The van der Waals surface area contributed by atoms with Crippen LogP contribution in [0.15, 0.2) is 59.6 Å². The molecule has 0 radical (unpaired) electrons. The van der Waals surface area contributed by atoms with Gasteiger partial charge in [0.25, 0.3) is 0 Å². The lowest BCUT2D eigenvalue weighted by molar-refractivity contribution is -0.192. The lowest BCUT2D eigenvalue weighted by Crippen LogP contribution is -2.48. The third-order valence-corrected chi connectivity index (χ3v) is 3.97. The number of aliphatic carboxylic acids is 2. The van der Waals surface area contributed by atoms with Gasteiger partial charge in [0.05, 0.1) is 24.6 Å². The fraction of sp³-hybridized carbons (Fsp3) is 0.190. The van der Waals surface area contributed by atoms with Gasteiger partial charge >= 0.3 is 24.1 Å². The number of benzene rings is 2. The van der Waals surface area contributed by atoms with Crippen molar-refractivity contribution in [2.75, 3.05) is 0 Å². The number of hydrazine groups is 1. The van der Waals surface area contributed by atoms with E-state index in [-0.39, 0.29) is 18.8 Å². The van der Waals surface area contributed by atoms with Crippen molar-refractivity contribution in [2.24, 2.45) is 16.5 Å². The van der Waals surface area contributed by atoms with E-state index in [1.807, 2.05) is 0 Å². The van der Waals surface area contributed by atoms with Crippen LogP contribution in [0.5, 0.6) is 0 Å². The van der Waals surface area contributed by atoms with Crippen molar-refractivity contribution in [3.63, 3.8) is 0 Å². The third-order valence-electron chi connectivity index (χ3n) is 3.97. The Morgan fingerprint density at radius 3 is 2.11 bits per heavy atom. The highest BCUT2D eigenvalue weighted by Gasteiger charge is 2.38. The average molecular weight is 512 g/mol. The molecule has 2 rings (SSSR count). The van der Waals surface area contributed by atoms with Crippen LogP contribution in [0, 0.1) is 0 Å². The minimum atomic E-state index is -5.08. The Morgan fingerprint density at radius 1 is 0.972 bits per heavy atom. The number of hydrogen-bond donors (Lipinski definition) is 7. The van der Waals surface area contributed by atoms with Crippen molar-refractivity contribution in [2.45, 2.75) is 25.1 Å². The van der Waals surface area contributed by atoms with Crippen molar-refractivity contribution >= 4 is 35.5 Å². The van der Waals surface area contributed by atoms with E-state index in [0.29, 0.717) is 16.8 Å². The molecule has 0 spiro atoms. The summed E-state index contributed by atoms with van der Waals surface area (Å²) in [5, 5.41) is 18.3. The number of hydrogen-bond acceptors (Lipinski definition) is 6.